The number of methoxy groups -OCH3 is 1. The number of benzene rings is 1. The summed E-state index contributed by atoms with van der Waals surface area (Å²) in [7, 11) is 1.51. The van der Waals surface area contributed by atoms with Gasteiger partial charge in [-0.1, -0.05) is 30.3 Å². The van der Waals surface area contributed by atoms with Crippen LogP contribution in [-0.4, -0.2) is 42.3 Å². The number of carbonyl (C=O) groups excluding carboxylic acids is 1. The van der Waals surface area contributed by atoms with Crippen LogP contribution in [0.1, 0.15) is 18.1 Å². The summed E-state index contributed by atoms with van der Waals surface area (Å²) in [6.45, 7) is 1.93. The summed E-state index contributed by atoms with van der Waals surface area (Å²) in [4.78, 5) is 12.4. The van der Waals surface area contributed by atoms with E-state index < -0.39 is 6.10 Å². The first kappa shape index (κ1) is 16.4. The van der Waals surface area contributed by atoms with Gasteiger partial charge in [0, 0.05) is 19.7 Å². The summed E-state index contributed by atoms with van der Waals surface area (Å²) in [6.07, 6.45) is 0.377. The van der Waals surface area contributed by atoms with Gasteiger partial charge in [-0.2, -0.15) is 0 Å². The Morgan fingerprint density at radius 2 is 1.96 bits per heavy atom. The van der Waals surface area contributed by atoms with Crippen molar-refractivity contribution >= 4 is 17.5 Å². The fraction of sp³-hybridized carbons (Fsp3) is 0.353. The lowest BCUT2D eigenvalue weighted by atomic mass is 10.1. The van der Waals surface area contributed by atoms with E-state index in [1.807, 2.05) is 36.4 Å². The minimum absolute atomic E-state index is 0.279. The van der Waals surface area contributed by atoms with E-state index in [-0.39, 0.29) is 5.91 Å². The van der Waals surface area contributed by atoms with Crippen molar-refractivity contribution in [1.82, 2.24) is 15.5 Å². The first-order chi connectivity index (χ1) is 11.8. The summed E-state index contributed by atoms with van der Waals surface area (Å²) in [5.41, 5.74) is 0.789. The van der Waals surface area contributed by atoms with Crippen LogP contribution in [0.4, 0.5) is 11.6 Å². The van der Waals surface area contributed by atoms with E-state index in [0.29, 0.717) is 17.7 Å². The molecule has 1 saturated heterocycles. The molecule has 1 aromatic heterocycles. The fourth-order valence-corrected chi connectivity index (χ4v) is 2.68. The molecule has 0 radical (unpaired) electrons. The molecule has 0 unspecified atom stereocenters. The van der Waals surface area contributed by atoms with Gasteiger partial charge in [0.1, 0.15) is 5.82 Å². The second kappa shape index (κ2) is 7.85. The largest absolute Gasteiger partial charge is 0.367 e. The molecule has 2 heterocycles. The van der Waals surface area contributed by atoms with E-state index in [2.05, 4.69) is 26.1 Å². The molecule has 0 spiro atoms. The SMILES string of the molecule is CO[C@@H](C(=O)Nc1ccc(N[C@@H]2CCNC2)nn1)c1ccccc1. The molecule has 126 valence electrons. The smallest absolute Gasteiger partial charge is 0.259 e. The van der Waals surface area contributed by atoms with Crippen molar-refractivity contribution in [2.45, 2.75) is 18.6 Å². The topological polar surface area (TPSA) is 88.2 Å². The maximum Gasteiger partial charge on any atom is 0.259 e. The number of nitrogens with zero attached hydrogens (tertiary/aromatic N) is 2. The molecule has 0 saturated carbocycles. The summed E-state index contributed by atoms with van der Waals surface area (Å²) in [5, 5.41) is 17.5. The average molecular weight is 327 g/mol. The molecule has 3 N–H and O–H groups in total. The lowest BCUT2D eigenvalue weighted by Crippen LogP contribution is -2.24. The fourth-order valence-electron chi connectivity index (χ4n) is 2.68. The Labute approximate surface area is 140 Å². The second-order valence-corrected chi connectivity index (χ2v) is 5.65. The van der Waals surface area contributed by atoms with Gasteiger partial charge >= 0.3 is 0 Å². The zero-order valence-electron chi connectivity index (χ0n) is 13.5. The molecule has 7 nitrogen and oxygen atoms in total. The van der Waals surface area contributed by atoms with Gasteiger partial charge in [-0.3, -0.25) is 4.79 Å². The summed E-state index contributed by atoms with van der Waals surface area (Å²) in [5.74, 6) is 0.819. The highest BCUT2D eigenvalue weighted by Crippen LogP contribution is 2.18. The number of aromatic nitrogens is 2. The first-order valence-electron chi connectivity index (χ1n) is 7.96. The van der Waals surface area contributed by atoms with Gasteiger partial charge in [0.25, 0.3) is 5.91 Å². The number of hydrogen-bond acceptors (Lipinski definition) is 6. The van der Waals surface area contributed by atoms with E-state index >= 15 is 0 Å². The molecular formula is C17H21N5O2. The van der Waals surface area contributed by atoms with E-state index in [0.717, 1.165) is 25.1 Å². The summed E-state index contributed by atoms with van der Waals surface area (Å²) < 4.78 is 5.30. The Bertz CT molecular complexity index is 656. The number of ether oxygens (including phenoxy) is 1. The van der Waals surface area contributed by atoms with Crippen LogP contribution in [0.5, 0.6) is 0 Å². The van der Waals surface area contributed by atoms with Gasteiger partial charge in [0.2, 0.25) is 0 Å². The van der Waals surface area contributed by atoms with Gasteiger partial charge in [-0.15, -0.1) is 10.2 Å². The van der Waals surface area contributed by atoms with Crippen molar-refractivity contribution < 1.29 is 9.53 Å². The lowest BCUT2D eigenvalue weighted by molar-refractivity contribution is -0.126. The summed E-state index contributed by atoms with van der Waals surface area (Å²) >= 11 is 0. The van der Waals surface area contributed by atoms with Crippen molar-refractivity contribution in [3.05, 3.63) is 48.0 Å². The minimum Gasteiger partial charge on any atom is -0.367 e. The van der Waals surface area contributed by atoms with E-state index in [1.54, 1.807) is 6.07 Å². The number of nitrogens with one attached hydrogen (secondary N) is 3. The summed E-state index contributed by atoms with van der Waals surface area (Å²) in [6, 6.07) is 13.2. The molecule has 1 amide bonds. The van der Waals surface area contributed by atoms with Crippen molar-refractivity contribution in [3.63, 3.8) is 0 Å². The van der Waals surface area contributed by atoms with Crippen LogP contribution in [-0.2, 0) is 9.53 Å². The number of amides is 1. The zero-order chi connectivity index (χ0) is 16.8. The Hall–Kier alpha value is -2.51. The van der Waals surface area contributed by atoms with Crippen LogP contribution >= 0.6 is 0 Å². The molecule has 2 aromatic rings. The van der Waals surface area contributed by atoms with Gasteiger partial charge in [0.15, 0.2) is 11.9 Å². The van der Waals surface area contributed by atoms with Crippen LogP contribution in [0.25, 0.3) is 0 Å². The average Bonchev–Trinajstić information content (AvgIpc) is 3.11. The number of hydrogen-bond donors (Lipinski definition) is 3. The predicted molar refractivity (Wildman–Crippen MR) is 91.8 cm³/mol. The first-order valence-corrected chi connectivity index (χ1v) is 7.96. The van der Waals surface area contributed by atoms with Crippen LogP contribution < -0.4 is 16.0 Å². The zero-order valence-corrected chi connectivity index (χ0v) is 13.5. The monoisotopic (exact) mass is 327 g/mol. The molecule has 1 aromatic carbocycles. The molecule has 2 atom stereocenters. The predicted octanol–water partition coefficient (Wildman–Crippen LogP) is 1.58. The molecule has 3 rings (SSSR count). The maximum atomic E-state index is 12.4. The number of anilines is 2. The lowest BCUT2D eigenvalue weighted by Gasteiger charge is -2.15. The molecule has 1 aliphatic rings. The molecule has 7 heteroatoms. The third kappa shape index (κ3) is 4.06. The third-order valence-electron chi connectivity index (χ3n) is 3.90. The van der Waals surface area contributed by atoms with Crippen molar-refractivity contribution in [2.24, 2.45) is 0 Å². The Balaban J connectivity index is 1.61. The third-order valence-corrected chi connectivity index (χ3v) is 3.90. The van der Waals surface area contributed by atoms with E-state index in [1.165, 1.54) is 7.11 Å². The van der Waals surface area contributed by atoms with Gasteiger partial charge < -0.3 is 20.7 Å². The molecule has 0 bridgehead atoms. The molecule has 24 heavy (non-hydrogen) atoms. The normalized spacial score (nSPS) is 18.1. The van der Waals surface area contributed by atoms with Gasteiger partial charge in [-0.05, 0) is 30.7 Å². The van der Waals surface area contributed by atoms with Crippen LogP contribution in [0, 0.1) is 0 Å². The molecule has 0 aliphatic carbocycles. The van der Waals surface area contributed by atoms with Crippen molar-refractivity contribution in [3.8, 4) is 0 Å². The number of rotatable bonds is 6. The Kier molecular flexibility index (Phi) is 5.35. The second-order valence-electron chi connectivity index (χ2n) is 5.65. The Morgan fingerprint density at radius 3 is 2.58 bits per heavy atom. The van der Waals surface area contributed by atoms with Crippen LogP contribution in [0.3, 0.4) is 0 Å². The van der Waals surface area contributed by atoms with Crippen LogP contribution in [0.15, 0.2) is 42.5 Å². The highest BCUT2D eigenvalue weighted by atomic mass is 16.5. The number of carbonyl (C=O) groups is 1. The highest BCUT2D eigenvalue weighted by molar-refractivity contribution is 5.94. The van der Waals surface area contributed by atoms with E-state index in [4.69, 9.17) is 4.74 Å². The molecule has 1 aliphatic heterocycles. The van der Waals surface area contributed by atoms with Gasteiger partial charge in [0.05, 0.1) is 0 Å². The standard InChI is InChI=1S/C17H21N5O2/c1-24-16(12-5-3-2-4-6-12)17(23)20-15-8-7-14(21-22-15)19-13-9-10-18-11-13/h2-8,13,16,18H,9-11H2,1H3,(H,19,21)(H,20,22,23)/t13-,16-/m1/s1. The Morgan fingerprint density at radius 1 is 1.21 bits per heavy atom. The molecular weight excluding hydrogens is 306 g/mol. The minimum atomic E-state index is -0.685. The molecule has 1 fully saturated rings. The van der Waals surface area contributed by atoms with Crippen LogP contribution in [0.2, 0.25) is 0 Å². The van der Waals surface area contributed by atoms with Crippen molar-refractivity contribution in [2.75, 3.05) is 30.8 Å². The van der Waals surface area contributed by atoms with E-state index in [9.17, 15) is 4.79 Å². The maximum absolute atomic E-state index is 12.4. The quantitative estimate of drug-likeness (QED) is 0.746. The van der Waals surface area contributed by atoms with Gasteiger partial charge in [-0.25, -0.2) is 0 Å². The highest BCUT2D eigenvalue weighted by Gasteiger charge is 2.20. The van der Waals surface area contributed by atoms with Crippen molar-refractivity contribution in [1.29, 1.82) is 0 Å².